The van der Waals surface area contributed by atoms with E-state index < -0.39 is 6.04 Å². The number of anilines is 1. The van der Waals surface area contributed by atoms with Gasteiger partial charge in [-0.25, -0.2) is 0 Å². The molecule has 0 spiro atoms. The van der Waals surface area contributed by atoms with Gasteiger partial charge in [0.25, 0.3) is 0 Å². The van der Waals surface area contributed by atoms with Gasteiger partial charge in [0.1, 0.15) is 6.04 Å². The Labute approximate surface area is 108 Å². The van der Waals surface area contributed by atoms with E-state index in [9.17, 15) is 4.79 Å². The highest BCUT2D eigenvalue weighted by atomic mass is 79.9. The smallest absolute Gasteiger partial charge is 0.243 e. The van der Waals surface area contributed by atoms with Crippen LogP contribution in [0.5, 0.6) is 0 Å². The number of rotatable bonds is 2. The maximum absolute atomic E-state index is 11.8. The molecule has 1 unspecified atom stereocenters. The van der Waals surface area contributed by atoms with E-state index in [0.717, 1.165) is 16.7 Å². The van der Waals surface area contributed by atoms with Crippen LogP contribution in [0, 0.1) is 11.3 Å². The van der Waals surface area contributed by atoms with Crippen LogP contribution in [0.1, 0.15) is 6.42 Å². The molecule has 1 aromatic rings. The highest BCUT2D eigenvalue weighted by Crippen LogP contribution is 2.28. The van der Waals surface area contributed by atoms with Crippen LogP contribution in [0.2, 0.25) is 0 Å². The van der Waals surface area contributed by atoms with Crippen molar-refractivity contribution < 1.29 is 4.79 Å². The molecule has 2 rings (SSSR count). The third kappa shape index (κ3) is 2.42. The van der Waals surface area contributed by atoms with E-state index in [2.05, 4.69) is 27.3 Å². The molecule has 5 heteroatoms. The van der Waals surface area contributed by atoms with Gasteiger partial charge in [-0.05, 0) is 28.1 Å². The van der Waals surface area contributed by atoms with Crippen LogP contribution < -0.4 is 10.2 Å². The van der Waals surface area contributed by atoms with Crippen molar-refractivity contribution >= 4 is 27.5 Å². The molecule has 0 radical (unpaired) electrons. The van der Waals surface area contributed by atoms with E-state index in [1.165, 1.54) is 0 Å². The van der Waals surface area contributed by atoms with Gasteiger partial charge in [0.05, 0.1) is 18.2 Å². The fourth-order valence-electron chi connectivity index (χ4n) is 1.98. The lowest BCUT2D eigenvalue weighted by Gasteiger charge is -2.36. The highest BCUT2D eigenvalue weighted by molar-refractivity contribution is 9.10. The number of carbonyl (C=O) groups excluding carboxylic acids is 1. The Kier molecular flexibility index (Phi) is 3.64. The molecule has 0 saturated carbocycles. The van der Waals surface area contributed by atoms with Crippen molar-refractivity contribution in [3.8, 4) is 6.07 Å². The van der Waals surface area contributed by atoms with E-state index in [4.69, 9.17) is 5.26 Å². The predicted octanol–water partition coefficient (Wildman–Crippen LogP) is 1.67. The largest absolute Gasteiger partial charge is 0.356 e. The molecule has 1 aromatic carbocycles. The number of nitriles is 1. The summed E-state index contributed by atoms with van der Waals surface area (Å²) in [5, 5.41) is 11.6. The van der Waals surface area contributed by atoms with Crippen LogP contribution in [-0.4, -0.2) is 25.0 Å². The summed E-state index contributed by atoms with van der Waals surface area (Å²) in [5.41, 5.74) is 0.961. The van der Waals surface area contributed by atoms with Gasteiger partial charge in [0.2, 0.25) is 5.91 Å². The number of nitrogens with one attached hydrogen (secondary N) is 1. The first-order valence-corrected chi connectivity index (χ1v) is 6.19. The van der Waals surface area contributed by atoms with Crippen molar-refractivity contribution in [1.82, 2.24) is 5.32 Å². The van der Waals surface area contributed by atoms with Crippen molar-refractivity contribution in [3.05, 3.63) is 28.7 Å². The average Bonchev–Trinajstić information content (AvgIpc) is 2.33. The zero-order chi connectivity index (χ0) is 12.3. The zero-order valence-electron chi connectivity index (χ0n) is 9.19. The van der Waals surface area contributed by atoms with E-state index >= 15 is 0 Å². The maximum atomic E-state index is 11.8. The lowest BCUT2D eigenvalue weighted by Crippen LogP contribution is -2.55. The van der Waals surface area contributed by atoms with Crippen molar-refractivity contribution in [2.45, 2.75) is 12.5 Å². The minimum Gasteiger partial charge on any atom is -0.356 e. The summed E-state index contributed by atoms with van der Waals surface area (Å²) in [7, 11) is 0. The minimum absolute atomic E-state index is 0.0754. The van der Waals surface area contributed by atoms with Crippen LogP contribution in [0.4, 0.5) is 5.69 Å². The second-order valence-corrected chi connectivity index (χ2v) is 4.67. The summed E-state index contributed by atoms with van der Waals surface area (Å²) in [5.74, 6) is -0.0754. The Balaban J connectivity index is 2.32. The van der Waals surface area contributed by atoms with Crippen LogP contribution in [0.3, 0.4) is 0 Å². The van der Waals surface area contributed by atoms with Gasteiger partial charge in [-0.15, -0.1) is 0 Å². The van der Waals surface area contributed by atoms with E-state index in [-0.39, 0.29) is 12.3 Å². The van der Waals surface area contributed by atoms with Gasteiger partial charge in [0, 0.05) is 17.6 Å². The fraction of sp³-hybridized carbons (Fsp3) is 0.333. The molecule has 0 aromatic heterocycles. The van der Waals surface area contributed by atoms with Crippen LogP contribution in [0.25, 0.3) is 0 Å². The normalized spacial score (nSPS) is 19.6. The van der Waals surface area contributed by atoms with Crippen LogP contribution in [-0.2, 0) is 4.79 Å². The summed E-state index contributed by atoms with van der Waals surface area (Å²) in [6.45, 7) is 1.34. The van der Waals surface area contributed by atoms with E-state index in [0.29, 0.717) is 6.54 Å². The Hall–Kier alpha value is -1.54. The van der Waals surface area contributed by atoms with Gasteiger partial charge < -0.3 is 10.2 Å². The third-order valence-electron chi connectivity index (χ3n) is 2.78. The van der Waals surface area contributed by atoms with Gasteiger partial charge in [-0.3, -0.25) is 4.79 Å². The number of benzene rings is 1. The number of amides is 1. The first-order valence-electron chi connectivity index (χ1n) is 5.40. The molecule has 1 aliphatic heterocycles. The molecule has 1 N–H and O–H groups in total. The Morgan fingerprint density at radius 1 is 1.53 bits per heavy atom. The predicted molar refractivity (Wildman–Crippen MR) is 68.5 cm³/mol. The average molecular weight is 294 g/mol. The standard InChI is InChI=1S/C12H12BrN3O/c13-9-3-1-2-4-10(9)16-8-7-15-12(17)11(16)5-6-14/h1-4,11H,5,7-8H2,(H,15,17). The highest BCUT2D eigenvalue weighted by Gasteiger charge is 2.30. The quantitative estimate of drug-likeness (QED) is 0.902. The molecule has 0 bridgehead atoms. The molecule has 1 fully saturated rings. The molecule has 88 valence electrons. The summed E-state index contributed by atoms with van der Waals surface area (Å²) in [4.78, 5) is 13.7. The SMILES string of the molecule is N#CCC1C(=O)NCCN1c1ccccc1Br. The zero-order valence-corrected chi connectivity index (χ0v) is 10.8. The first kappa shape index (κ1) is 11.9. The molecular weight excluding hydrogens is 282 g/mol. The summed E-state index contributed by atoms with van der Waals surface area (Å²) in [6.07, 6.45) is 0.202. The number of piperazine rings is 1. The second-order valence-electron chi connectivity index (χ2n) is 3.81. The Morgan fingerprint density at radius 3 is 3.00 bits per heavy atom. The Bertz CT molecular complexity index is 469. The summed E-state index contributed by atoms with van der Waals surface area (Å²) in [6, 6.07) is 9.41. The number of hydrogen-bond donors (Lipinski definition) is 1. The molecular formula is C12H12BrN3O. The van der Waals surface area contributed by atoms with Gasteiger partial charge in [-0.1, -0.05) is 12.1 Å². The maximum Gasteiger partial charge on any atom is 0.243 e. The molecule has 0 aliphatic carbocycles. The minimum atomic E-state index is -0.396. The number of hydrogen-bond acceptors (Lipinski definition) is 3. The van der Waals surface area contributed by atoms with Gasteiger partial charge in [0.15, 0.2) is 0 Å². The second kappa shape index (κ2) is 5.19. The number of nitrogens with zero attached hydrogens (tertiary/aromatic N) is 2. The number of halogens is 1. The van der Waals surface area contributed by atoms with Crippen molar-refractivity contribution in [2.24, 2.45) is 0 Å². The van der Waals surface area contributed by atoms with Crippen molar-refractivity contribution in [3.63, 3.8) is 0 Å². The molecule has 1 heterocycles. The van der Waals surface area contributed by atoms with Crippen LogP contribution >= 0.6 is 15.9 Å². The Morgan fingerprint density at radius 2 is 2.29 bits per heavy atom. The monoisotopic (exact) mass is 293 g/mol. The molecule has 4 nitrogen and oxygen atoms in total. The third-order valence-corrected chi connectivity index (χ3v) is 3.45. The molecule has 17 heavy (non-hydrogen) atoms. The van der Waals surface area contributed by atoms with Gasteiger partial charge >= 0.3 is 0 Å². The van der Waals surface area contributed by atoms with Crippen molar-refractivity contribution in [1.29, 1.82) is 5.26 Å². The molecule has 1 amide bonds. The van der Waals surface area contributed by atoms with E-state index in [1.807, 2.05) is 29.2 Å². The summed E-state index contributed by atoms with van der Waals surface area (Å²) >= 11 is 3.47. The molecule has 1 aliphatic rings. The summed E-state index contributed by atoms with van der Waals surface area (Å²) < 4.78 is 0.942. The first-order chi connectivity index (χ1) is 8.24. The lowest BCUT2D eigenvalue weighted by molar-refractivity contribution is -0.123. The lowest BCUT2D eigenvalue weighted by atomic mass is 10.1. The van der Waals surface area contributed by atoms with Crippen LogP contribution in [0.15, 0.2) is 28.7 Å². The number of para-hydroxylation sites is 1. The fourth-order valence-corrected chi connectivity index (χ4v) is 2.49. The van der Waals surface area contributed by atoms with Crippen molar-refractivity contribution in [2.75, 3.05) is 18.0 Å². The topological polar surface area (TPSA) is 56.1 Å². The van der Waals surface area contributed by atoms with E-state index in [1.54, 1.807) is 0 Å². The van der Waals surface area contributed by atoms with Gasteiger partial charge in [-0.2, -0.15) is 5.26 Å². The molecule has 1 atom stereocenters. The number of carbonyl (C=O) groups is 1. The molecule has 1 saturated heterocycles.